The lowest BCUT2D eigenvalue weighted by Crippen LogP contribution is -2.44. The Labute approximate surface area is 254 Å². The Morgan fingerprint density at radius 1 is 0.930 bits per heavy atom. The lowest BCUT2D eigenvalue weighted by Gasteiger charge is -2.39. The summed E-state index contributed by atoms with van der Waals surface area (Å²) in [6, 6.07) is 13.9. The summed E-state index contributed by atoms with van der Waals surface area (Å²) >= 11 is 0. The summed E-state index contributed by atoms with van der Waals surface area (Å²) in [6.07, 6.45) is 16.8. The SMILES string of the molecule is Cc1ccc(-n2nc(C3CCN(C4CCCCN(C5CC5)CC4)CC3)cc2NC(=O)CCc2cnn3cccnc23)cc1. The van der Waals surface area contributed by atoms with Gasteiger partial charge >= 0.3 is 0 Å². The highest BCUT2D eigenvalue weighted by Crippen LogP contribution is 2.34. The molecule has 0 radical (unpaired) electrons. The van der Waals surface area contributed by atoms with Crippen molar-refractivity contribution in [1.29, 1.82) is 0 Å². The Bertz CT molecular complexity index is 1530. The molecule has 1 saturated carbocycles. The topological polar surface area (TPSA) is 83.6 Å². The van der Waals surface area contributed by atoms with Crippen LogP contribution in [-0.2, 0) is 11.2 Å². The van der Waals surface area contributed by atoms with Crippen molar-refractivity contribution in [3.05, 3.63) is 71.8 Å². The molecule has 0 bridgehead atoms. The first-order valence-electron chi connectivity index (χ1n) is 16.3. The van der Waals surface area contributed by atoms with Crippen molar-refractivity contribution in [3.63, 3.8) is 0 Å². The van der Waals surface area contributed by atoms with Crippen LogP contribution in [0.4, 0.5) is 5.82 Å². The fraction of sp³-hybridized carbons (Fsp3) is 0.529. The Morgan fingerprint density at radius 2 is 1.70 bits per heavy atom. The fourth-order valence-corrected chi connectivity index (χ4v) is 7.07. The lowest BCUT2D eigenvalue weighted by molar-refractivity contribution is -0.116. The number of carbonyl (C=O) groups is 1. The van der Waals surface area contributed by atoms with Crippen LogP contribution in [0.5, 0.6) is 0 Å². The molecule has 3 aliphatic rings. The molecule has 3 aromatic heterocycles. The van der Waals surface area contributed by atoms with Crippen LogP contribution in [0.2, 0.25) is 0 Å². The number of nitrogens with one attached hydrogen (secondary N) is 1. The molecule has 1 N–H and O–H groups in total. The molecule has 1 unspecified atom stereocenters. The van der Waals surface area contributed by atoms with E-state index >= 15 is 0 Å². The molecular weight excluding hydrogens is 536 g/mol. The Hall–Kier alpha value is -3.56. The largest absolute Gasteiger partial charge is 0.311 e. The molecule has 5 heterocycles. The number of carbonyl (C=O) groups excluding carboxylic acids is 1. The average molecular weight is 581 g/mol. The number of hydrogen-bond acceptors (Lipinski definition) is 6. The number of amides is 1. The van der Waals surface area contributed by atoms with Crippen molar-refractivity contribution in [2.24, 2.45) is 0 Å². The summed E-state index contributed by atoms with van der Waals surface area (Å²) in [7, 11) is 0. The Kier molecular flexibility index (Phi) is 8.26. The van der Waals surface area contributed by atoms with Gasteiger partial charge in [-0.15, -0.1) is 0 Å². The second-order valence-electron chi connectivity index (χ2n) is 12.8. The van der Waals surface area contributed by atoms with E-state index in [0.717, 1.165) is 60.4 Å². The third-order valence-electron chi connectivity index (χ3n) is 9.76. The number of rotatable bonds is 8. The van der Waals surface area contributed by atoms with Gasteiger partial charge in [0.25, 0.3) is 0 Å². The third-order valence-corrected chi connectivity index (χ3v) is 9.76. The van der Waals surface area contributed by atoms with E-state index in [-0.39, 0.29) is 5.91 Å². The summed E-state index contributed by atoms with van der Waals surface area (Å²) < 4.78 is 3.66. The number of hydrogen-bond donors (Lipinski definition) is 1. The molecule has 2 saturated heterocycles. The molecular formula is C34H44N8O. The highest BCUT2D eigenvalue weighted by Gasteiger charge is 2.32. The first-order valence-corrected chi connectivity index (χ1v) is 16.3. The molecule has 3 fully saturated rings. The molecule has 43 heavy (non-hydrogen) atoms. The van der Waals surface area contributed by atoms with E-state index in [4.69, 9.17) is 5.10 Å². The number of aryl methyl sites for hydroxylation is 2. The molecule has 0 spiro atoms. The fourth-order valence-electron chi connectivity index (χ4n) is 7.07. The predicted molar refractivity (Wildman–Crippen MR) is 169 cm³/mol. The molecule has 1 aliphatic carbocycles. The van der Waals surface area contributed by atoms with E-state index in [9.17, 15) is 4.79 Å². The number of benzene rings is 1. The van der Waals surface area contributed by atoms with Crippen molar-refractivity contribution >= 4 is 17.4 Å². The van der Waals surface area contributed by atoms with Crippen LogP contribution in [-0.4, -0.2) is 78.3 Å². The number of aromatic nitrogens is 5. The van der Waals surface area contributed by atoms with Gasteiger partial charge in [0.05, 0.1) is 17.6 Å². The molecule has 9 heteroatoms. The maximum atomic E-state index is 13.2. The first kappa shape index (κ1) is 28.2. The summed E-state index contributed by atoms with van der Waals surface area (Å²) in [5, 5.41) is 12.6. The van der Waals surface area contributed by atoms with E-state index in [2.05, 4.69) is 62.5 Å². The highest BCUT2D eigenvalue weighted by atomic mass is 16.1. The molecule has 1 aromatic carbocycles. The normalized spacial score (nSPS) is 21.1. The standard InChI is InChI=1S/C34H44N8O/c1-25-6-9-30(10-7-25)42-32(37-33(43)13-8-27-24-36-41-19-4-17-35-34(27)41)23-31(38-42)26-14-20-40(21-15-26)28-5-2-3-18-39(22-16-28)29-11-12-29/h4,6-7,9-10,17,19,23-24,26,28-29H,2-3,5,8,11-16,18,20-22H2,1H3,(H,37,43). The van der Waals surface area contributed by atoms with Crippen LogP contribution >= 0.6 is 0 Å². The average Bonchev–Trinajstić information content (AvgIpc) is 3.64. The van der Waals surface area contributed by atoms with E-state index in [0.29, 0.717) is 24.8 Å². The van der Waals surface area contributed by atoms with Gasteiger partial charge in [-0.25, -0.2) is 14.2 Å². The van der Waals surface area contributed by atoms with Crippen molar-refractivity contribution < 1.29 is 4.79 Å². The minimum absolute atomic E-state index is 0.0329. The second kappa shape index (κ2) is 12.6. The van der Waals surface area contributed by atoms with Crippen molar-refractivity contribution in [1.82, 2.24) is 34.2 Å². The van der Waals surface area contributed by atoms with Crippen LogP contribution < -0.4 is 5.32 Å². The Morgan fingerprint density at radius 3 is 2.51 bits per heavy atom. The smallest absolute Gasteiger partial charge is 0.225 e. The van der Waals surface area contributed by atoms with E-state index < -0.39 is 0 Å². The van der Waals surface area contributed by atoms with Gasteiger partial charge in [0.1, 0.15) is 5.82 Å². The summed E-state index contributed by atoms with van der Waals surface area (Å²) in [5.41, 5.74) is 5.02. The van der Waals surface area contributed by atoms with Crippen LogP contribution in [0.25, 0.3) is 11.3 Å². The van der Waals surface area contributed by atoms with Gasteiger partial charge in [-0.1, -0.05) is 24.1 Å². The molecule has 226 valence electrons. The third kappa shape index (κ3) is 6.53. The Balaban J connectivity index is 1.02. The predicted octanol–water partition coefficient (Wildman–Crippen LogP) is 5.38. The molecule has 9 nitrogen and oxygen atoms in total. The minimum atomic E-state index is -0.0329. The van der Waals surface area contributed by atoms with Gasteiger partial charge in [0.2, 0.25) is 5.91 Å². The van der Waals surface area contributed by atoms with Crippen molar-refractivity contribution in [3.8, 4) is 5.69 Å². The lowest BCUT2D eigenvalue weighted by atomic mass is 9.91. The zero-order valence-electron chi connectivity index (χ0n) is 25.4. The zero-order valence-corrected chi connectivity index (χ0v) is 25.4. The maximum Gasteiger partial charge on any atom is 0.225 e. The number of piperidine rings is 1. The van der Waals surface area contributed by atoms with Crippen LogP contribution in [0, 0.1) is 6.92 Å². The van der Waals surface area contributed by atoms with Crippen LogP contribution in [0.1, 0.15) is 80.5 Å². The van der Waals surface area contributed by atoms with Crippen molar-refractivity contribution in [2.75, 3.05) is 31.5 Å². The van der Waals surface area contributed by atoms with Crippen LogP contribution in [0.3, 0.4) is 0 Å². The number of nitrogens with zero attached hydrogens (tertiary/aromatic N) is 7. The van der Waals surface area contributed by atoms with E-state index in [1.807, 2.05) is 16.9 Å². The second-order valence-corrected chi connectivity index (χ2v) is 12.8. The molecule has 1 amide bonds. The zero-order chi connectivity index (χ0) is 29.2. The maximum absolute atomic E-state index is 13.2. The van der Waals surface area contributed by atoms with Gasteiger partial charge in [-0.05, 0) is 103 Å². The van der Waals surface area contributed by atoms with Crippen LogP contribution in [0.15, 0.2) is 55.0 Å². The molecule has 7 rings (SSSR count). The van der Waals surface area contributed by atoms with E-state index in [1.54, 1.807) is 16.9 Å². The van der Waals surface area contributed by atoms with Gasteiger partial charge in [-0.2, -0.15) is 10.2 Å². The minimum Gasteiger partial charge on any atom is -0.311 e. The number of anilines is 1. The molecule has 4 aromatic rings. The molecule has 2 aliphatic heterocycles. The van der Waals surface area contributed by atoms with Crippen molar-refractivity contribution in [2.45, 2.75) is 89.1 Å². The van der Waals surface area contributed by atoms with Gasteiger partial charge in [0.15, 0.2) is 5.65 Å². The van der Waals surface area contributed by atoms with Gasteiger partial charge < -0.3 is 15.1 Å². The van der Waals surface area contributed by atoms with Gasteiger partial charge in [0, 0.05) is 48.4 Å². The summed E-state index contributed by atoms with van der Waals surface area (Å²) in [5.74, 6) is 1.11. The first-order chi connectivity index (χ1) is 21.1. The highest BCUT2D eigenvalue weighted by molar-refractivity contribution is 5.90. The summed E-state index contributed by atoms with van der Waals surface area (Å²) in [6.45, 7) is 6.92. The monoisotopic (exact) mass is 580 g/mol. The quantitative estimate of drug-likeness (QED) is 0.301. The number of fused-ring (bicyclic) bond motifs is 1. The summed E-state index contributed by atoms with van der Waals surface area (Å²) in [4.78, 5) is 23.2. The molecule has 1 atom stereocenters. The van der Waals surface area contributed by atoms with E-state index in [1.165, 1.54) is 57.2 Å². The van der Waals surface area contributed by atoms with Gasteiger partial charge in [-0.3, -0.25) is 4.79 Å². The number of likely N-dealkylation sites (tertiary alicyclic amines) is 2.